The second kappa shape index (κ2) is 4.60. The van der Waals surface area contributed by atoms with E-state index >= 15 is 0 Å². The average molecular weight is 244 g/mol. The van der Waals surface area contributed by atoms with Crippen molar-refractivity contribution in [3.63, 3.8) is 0 Å². The first-order chi connectivity index (χ1) is 7.63. The molecule has 1 aliphatic rings. The number of hydrogen-bond donors (Lipinski definition) is 1. The van der Waals surface area contributed by atoms with Gasteiger partial charge in [-0.05, 0) is 32.0 Å². The van der Waals surface area contributed by atoms with Crippen molar-refractivity contribution in [3.05, 3.63) is 28.5 Å². The maximum absolute atomic E-state index is 13.3. The van der Waals surface area contributed by atoms with Crippen molar-refractivity contribution in [2.75, 3.05) is 6.54 Å². The number of ether oxygens (including phenoxy) is 1. The van der Waals surface area contributed by atoms with E-state index < -0.39 is 0 Å². The second-order valence-electron chi connectivity index (χ2n) is 4.06. The molecule has 0 aromatic heterocycles. The molecule has 1 aromatic carbocycles. The Morgan fingerprint density at radius 2 is 2.25 bits per heavy atom. The van der Waals surface area contributed by atoms with E-state index in [1.165, 1.54) is 12.1 Å². The van der Waals surface area contributed by atoms with Crippen LogP contribution in [0.4, 0.5) is 4.39 Å². The van der Waals surface area contributed by atoms with E-state index in [0.717, 1.165) is 18.5 Å². The van der Waals surface area contributed by atoms with Gasteiger partial charge in [0.2, 0.25) is 0 Å². The minimum atomic E-state index is -0.315. The third-order valence-electron chi connectivity index (χ3n) is 2.76. The summed E-state index contributed by atoms with van der Waals surface area (Å²) in [5.74, 6) is 0.300. The van der Waals surface area contributed by atoms with Gasteiger partial charge in [-0.3, -0.25) is 0 Å². The smallest absolute Gasteiger partial charge is 0.143 e. The van der Waals surface area contributed by atoms with Crippen LogP contribution in [0, 0.1) is 5.82 Å². The Bertz CT molecular complexity index is 397. The summed E-state index contributed by atoms with van der Waals surface area (Å²) in [6.07, 6.45) is 1.02. The zero-order valence-corrected chi connectivity index (χ0v) is 10.1. The highest BCUT2D eigenvalue weighted by Gasteiger charge is 2.32. The Balaban J connectivity index is 2.32. The number of benzene rings is 1. The zero-order chi connectivity index (χ0) is 11.7. The van der Waals surface area contributed by atoms with Crippen molar-refractivity contribution in [2.24, 2.45) is 0 Å². The molecule has 0 fully saturated rings. The Labute approximate surface area is 99.7 Å². The summed E-state index contributed by atoms with van der Waals surface area (Å²) < 4.78 is 18.9. The van der Waals surface area contributed by atoms with Gasteiger partial charge < -0.3 is 10.1 Å². The number of hydrogen-bond acceptors (Lipinski definition) is 2. The van der Waals surface area contributed by atoms with Gasteiger partial charge in [-0.15, -0.1) is 0 Å². The Morgan fingerprint density at radius 3 is 2.94 bits per heavy atom. The molecule has 2 nitrogen and oxygen atoms in total. The SMILES string of the molecule is CCCNC1c2cc(F)cc(Cl)c2OC1C. The van der Waals surface area contributed by atoms with Gasteiger partial charge in [-0.25, -0.2) is 4.39 Å². The van der Waals surface area contributed by atoms with Crippen LogP contribution in [0.15, 0.2) is 12.1 Å². The Hall–Kier alpha value is -0.800. The Morgan fingerprint density at radius 1 is 1.50 bits per heavy atom. The summed E-state index contributed by atoms with van der Waals surface area (Å²) in [5, 5.41) is 3.69. The van der Waals surface area contributed by atoms with Crippen LogP contribution in [0.25, 0.3) is 0 Å². The lowest BCUT2D eigenvalue weighted by Gasteiger charge is -2.15. The lowest BCUT2D eigenvalue weighted by atomic mass is 10.0. The molecular weight excluding hydrogens is 229 g/mol. The fourth-order valence-electron chi connectivity index (χ4n) is 2.02. The molecule has 0 radical (unpaired) electrons. The maximum Gasteiger partial charge on any atom is 0.143 e. The standard InChI is InChI=1S/C12H15ClFNO/c1-3-4-15-11-7(2)16-12-9(11)5-8(14)6-10(12)13/h5-7,11,15H,3-4H2,1-2H3. The van der Waals surface area contributed by atoms with Crippen LogP contribution >= 0.6 is 11.6 Å². The first-order valence-corrected chi connectivity index (χ1v) is 5.90. The molecule has 2 atom stereocenters. The van der Waals surface area contributed by atoms with Gasteiger partial charge in [0.25, 0.3) is 0 Å². The molecule has 0 saturated carbocycles. The van der Waals surface area contributed by atoms with E-state index in [-0.39, 0.29) is 18.0 Å². The molecule has 2 rings (SSSR count). The summed E-state index contributed by atoms with van der Waals surface area (Å²) in [4.78, 5) is 0. The highest BCUT2D eigenvalue weighted by Crippen LogP contribution is 2.42. The maximum atomic E-state index is 13.3. The summed E-state index contributed by atoms with van der Waals surface area (Å²) in [5.41, 5.74) is 0.825. The van der Waals surface area contributed by atoms with Crippen LogP contribution in [0.2, 0.25) is 5.02 Å². The third-order valence-corrected chi connectivity index (χ3v) is 3.04. The highest BCUT2D eigenvalue weighted by molar-refractivity contribution is 6.32. The summed E-state index contributed by atoms with van der Waals surface area (Å²) in [7, 11) is 0. The molecule has 0 saturated heterocycles. The first-order valence-electron chi connectivity index (χ1n) is 5.52. The fourth-order valence-corrected chi connectivity index (χ4v) is 2.28. The molecule has 1 heterocycles. The van der Waals surface area contributed by atoms with Crippen LogP contribution in [-0.2, 0) is 0 Å². The molecule has 1 aliphatic heterocycles. The fraction of sp³-hybridized carbons (Fsp3) is 0.500. The van der Waals surface area contributed by atoms with Gasteiger partial charge in [0, 0.05) is 5.56 Å². The van der Waals surface area contributed by atoms with Crippen LogP contribution in [0.1, 0.15) is 31.9 Å². The monoisotopic (exact) mass is 243 g/mol. The normalized spacial score (nSPS) is 23.0. The van der Waals surface area contributed by atoms with Gasteiger partial charge in [0.05, 0.1) is 11.1 Å². The van der Waals surface area contributed by atoms with Crippen molar-refractivity contribution in [3.8, 4) is 5.75 Å². The molecule has 0 spiro atoms. The van der Waals surface area contributed by atoms with Crippen LogP contribution < -0.4 is 10.1 Å². The van der Waals surface area contributed by atoms with Gasteiger partial charge in [0.1, 0.15) is 17.7 Å². The topological polar surface area (TPSA) is 21.3 Å². The average Bonchev–Trinajstić information content (AvgIpc) is 2.53. The van der Waals surface area contributed by atoms with E-state index in [1.54, 1.807) is 0 Å². The van der Waals surface area contributed by atoms with Crippen molar-refractivity contribution in [1.29, 1.82) is 0 Å². The van der Waals surface area contributed by atoms with Crippen molar-refractivity contribution in [2.45, 2.75) is 32.4 Å². The van der Waals surface area contributed by atoms with E-state index in [4.69, 9.17) is 16.3 Å². The molecule has 88 valence electrons. The zero-order valence-electron chi connectivity index (χ0n) is 9.39. The lowest BCUT2D eigenvalue weighted by Crippen LogP contribution is -2.29. The van der Waals surface area contributed by atoms with E-state index in [1.807, 2.05) is 6.92 Å². The molecular formula is C12H15ClFNO. The number of fused-ring (bicyclic) bond motifs is 1. The Kier molecular flexibility index (Phi) is 3.36. The number of nitrogens with one attached hydrogen (secondary N) is 1. The molecule has 0 bridgehead atoms. The van der Waals surface area contributed by atoms with Gasteiger partial charge in [-0.2, -0.15) is 0 Å². The van der Waals surface area contributed by atoms with Crippen molar-refractivity contribution >= 4 is 11.6 Å². The lowest BCUT2D eigenvalue weighted by molar-refractivity contribution is 0.210. The van der Waals surface area contributed by atoms with Gasteiger partial charge in [0.15, 0.2) is 0 Å². The minimum Gasteiger partial charge on any atom is -0.487 e. The van der Waals surface area contributed by atoms with Crippen LogP contribution in [0.5, 0.6) is 5.75 Å². The predicted octanol–water partition coefficient (Wildman–Crippen LogP) is 3.30. The predicted molar refractivity (Wildman–Crippen MR) is 62.5 cm³/mol. The van der Waals surface area contributed by atoms with Crippen molar-refractivity contribution in [1.82, 2.24) is 5.32 Å². The molecule has 4 heteroatoms. The highest BCUT2D eigenvalue weighted by atomic mass is 35.5. The van der Waals surface area contributed by atoms with E-state index in [2.05, 4.69) is 12.2 Å². The summed E-state index contributed by atoms with van der Waals surface area (Å²) >= 11 is 5.95. The molecule has 1 aromatic rings. The quantitative estimate of drug-likeness (QED) is 0.880. The van der Waals surface area contributed by atoms with E-state index in [9.17, 15) is 4.39 Å². The second-order valence-corrected chi connectivity index (χ2v) is 4.47. The summed E-state index contributed by atoms with van der Waals surface area (Å²) in [6.45, 7) is 4.93. The van der Waals surface area contributed by atoms with Crippen LogP contribution in [0.3, 0.4) is 0 Å². The first kappa shape index (κ1) is 11.7. The minimum absolute atomic E-state index is 0.0131. The summed E-state index contributed by atoms with van der Waals surface area (Å²) in [6, 6.07) is 2.82. The molecule has 0 amide bonds. The number of halogens is 2. The van der Waals surface area contributed by atoms with Crippen LogP contribution in [-0.4, -0.2) is 12.6 Å². The molecule has 2 unspecified atom stereocenters. The largest absolute Gasteiger partial charge is 0.487 e. The molecule has 1 N–H and O–H groups in total. The third kappa shape index (κ3) is 2.02. The van der Waals surface area contributed by atoms with Gasteiger partial charge in [-0.1, -0.05) is 18.5 Å². The molecule has 0 aliphatic carbocycles. The van der Waals surface area contributed by atoms with Gasteiger partial charge >= 0.3 is 0 Å². The van der Waals surface area contributed by atoms with E-state index in [0.29, 0.717) is 10.8 Å². The molecule has 16 heavy (non-hydrogen) atoms. The van der Waals surface area contributed by atoms with Crippen molar-refractivity contribution < 1.29 is 9.13 Å². The number of rotatable bonds is 3.